The first kappa shape index (κ1) is 15.0. The normalized spacial score (nSPS) is 23.2. The Hall–Kier alpha value is -1.39. The van der Waals surface area contributed by atoms with Crippen LogP contribution in [0.5, 0.6) is 0 Å². The quantitative estimate of drug-likeness (QED) is 0.877. The van der Waals surface area contributed by atoms with Gasteiger partial charge < -0.3 is 11.1 Å². The van der Waals surface area contributed by atoms with Gasteiger partial charge in [-0.15, -0.1) is 0 Å². The second-order valence-electron chi connectivity index (χ2n) is 5.58. The Morgan fingerprint density at radius 3 is 2.80 bits per heavy atom. The van der Waals surface area contributed by atoms with Gasteiger partial charge in [0.1, 0.15) is 0 Å². The number of aryl methyl sites for hydroxylation is 1. The van der Waals surface area contributed by atoms with Crippen LogP contribution in [0.25, 0.3) is 0 Å². The van der Waals surface area contributed by atoms with E-state index in [4.69, 9.17) is 5.73 Å². The van der Waals surface area contributed by atoms with Gasteiger partial charge in [0.15, 0.2) is 0 Å². The number of carbonyl (C=O) groups excluding carboxylic acids is 1. The Bertz CT molecular complexity index is 475. The summed E-state index contributed by atoms with van der Waals surface area (Å²) in [4.78, 5) is 14.2. The van der Waals surface area contributed by atoms with Crippen LogP contribution in [0, 0.1) is 6.92 Å². The molecule has 0 spiro atoms. The van der Waals surface area contributed by atoms with Crippen LogP contribution in [0.1, 0.15) is 37.4 Å². The highest BCUT2D eigenvalue weighted by Crippen LogP contribution is 2.30. The molecule has 0 radical (unpaired) electrons. The minimum Gasteiger partial charge on any atom is -0.353 e. The molecule has 1 saturated heterocycles. The van der Waals surface area contributed by atoms with E-state index in [0.29, 0.717) is 6.54 Å². The van der Waals surface area contributed by atoms with Gasteiger partial charge in [-0.2, -0.15) is 0 Å². The van der Waals surface area contributed by atoms with Crippen LogP contribution in [-0.2, 0) is 4.79 Å². The Morgan fingerprint density at radius 2 is 2.15 bits per heavy atom. The summed E-state index contributed by atoms with van der Waals surface area (Å²) in [5.74, 6) is 0.0955. The fourth-order valence-electron chi connectivity index (χ4n) is 2.98. The molecule has 0 bridgehead atoms. The number of nitrogens with one attached hydrogen (secondary N) is 1. The summed E-state index contributed by atoms with van der Waals surface area (Å²) < 4.78 is 0. The number of nitrogens with zero attached hydrogens (tertiary/aromatic N) is 1. The molecule has 1 aromatic carbocycles. The van der Waals surface area contributed by atoms with Crippen molar-refractivity contribution in [3.8, 4) is 0 Å². The average molecular weight is 275 g/mol. The monoisotopic (exact) mass is 275 g/mol. The van der Waals surface area contributed by atoms with E-state index in [1.807, 2.05) is 19.1 Å². The highest BCUT2D eigenvalue weighted by Gasteiger charge is 2.35. The van der Waals surface area contributed by atoms with Crippen LogP contribution < -0.4 is 11.1 Å². The standard InChI is InChI=1S/C16H25N3O/c1-4-14(17)15(13-8-6-5-7-11(13)2)19-10-9-18-16(20)12(19)3/h5-8,12,14-15H,4,9-10,17H2,1-3H3,(H,18,20). The van der Waals surface area contributed by atoms with Gasteiger partial charge in [0.05, 0.1) is 12.1 Å². The van der Waals surface area contributed by atoms with E-state index in [-0.39, 0.29) is 24.0 Å². The summed E-state index contributed by atoms with van der Waals surface area (Å²) in [6.45, 7) is 7.72. The zero-order chi connectivity index (χ0) is 14.7. The fourth-order valence-corrected chi connectivity index (χ4v) is 2.98. The largest absolute Gasteiger partial charge is 0.353 e. The zero-order valence-corrected chi connectivity index (χ0v) is 12.6. The number of rotatable bonds is 4. The van der Waals surface area contributed by atoms with Gasteiger partial charge in [-0.1, -0.05) is 31.2 Å². The van der Waals surface area contributed by atoms with Crippen molar-refractivity contribution in [2.75, 3.05) is 13.1 Å². The van der Waals surface area contributed by atoms with Crippen LogP contribution in [0.15, 0.2) is 24.3 Å². The van der Waals surface area contributed by atoms with E-state index in [0.717, 1.165) is 13.0 Å². The molecule has 0 aliphatic carbocycles. The van der Waals surface area contributed by atoms with Crippen LogP contribution in [-0.4, -0.2) is 36.0 Å². The van der Waals surface area contributed by atoms with E-state index >= 15 is 0 Å². The summed E-state index contributed by atoms with van der Waals surface area (Å²) in [5.41, 5.74) is 8.86. The summed E-state index contributed by atoms with van der Waals surface area (Å²) in [6, 6.07) is 8.33. The zero-order valence-electron chi connectivity index (χ0n) is 12.6. The van der Waals surface area contributed by atoms with Gasteiger partial charge in [0.2, 0.25) is 5.91 Å². The Morgan fingerprint density at radius 1 is 1.45 bits per heavy atom. The molecule has 1 fully saturated rings. The number of piperazine rings is 1. The summed E-state index contributed by atoms with van der Waals surface area (Å²) in [5, 5.41) is 2.92. The lowest BCUT2D eigenvalue weighted by Gasteiger charge is -2.42. The molecule has 2 rings (SSSR count). The third kappa shape index (κ3) is 2.86. The molecule has 3 unspecified atom stereocenters. The van der Waals surface area contributed by atoms with E-state index in [1.54, 1.807) is 0 Å². The van der Waals surface area contributed by atoms with E-state index in [1.165, 1.54) is 11.1 Å². The van der Waals surface area contributed by atoms with Gasteiger partial charge in [0, 0.05) is 19.1 Å². The number of nitrogens with two attached hydrogens (primary N) is 1. The number of hydrogen-bond acceptors (Lipinski definition) is 3. The summed E-state index contributed by atoms with van der Waals surface area (Å²) in [6.07, 6.45) is 0.893. The second kappa shape index (κ2) is 6.37. The second-order valence-corrected chi connectivity index (χ2v) is 5.58. The van der Waals surface area contributed by atoms with E-state index in [2.05, 4.69) is 36.2 Å². The van der Waals surface area contributed by atoms with E-state index < -0.39 is 0 Å². The minimum absolute atomic E-state index is 0.0319. The van der Waals surface area contributed by atoms with Crippen molar-refractivity contribution in [2.45, 2.75) is 45.3 Å². The van der Waals surface area contributed by atoms with Crippen molar-refractivity contribution in [3.05, 3.63) is 35.4 Å². The maximum absolute atomic E-state index is 11.9. The molecule has 1 aromatic rings. The van der Waals surface area contributed by atoms with Crippen molar-refractivity contribution < 1.29 is 4.79 Å². The van der Waals surface area contributed by atoms with Crippen molar-refractivity contribution in [3.63, 3.8) is 0 Å². The molecule has 4 nitrogen and oxygen atoms in total. The predicted octanol–water partition coefficient (Wildman–Crippen LogP) is 1.59. The summed E-state index contributed by atoms with van der Waals surface area (Å²) >= 11 is 0. The predicted molar refractivity (Wildman–Crippen MR) is 81.4 cm³/mol. The van der Waals surface area contributed by atoms with Crippen molar-refractivity contribution in [1.29, 1.82) is 0 Å². The van der Waals surface area contributed by atoms with Gasteiger partial charge in [-0.05, 0) is 31.4 Å². The molecule has 1 aliphatic rings. The van der Waals surface area contributed by atoms with Crippen molar-refractivity contribution in [2.24, 2.45) is 5.73 Å². The highest BCUT2D eigenvalue weighted by atomic mass is 16.2. The number of benzene rings is 1. The minimum atomic E-state index is -0.133. The number of carbonyl (C=O) groups is 1. The molecule has 0 saturated carbocycles. The molecule has 1 heterocycles. The topological polar surface area (TPSA) is 58.4 Å². The Balaban J connectivity index is 2.38. The van der Waals surface area contributed by atoms with E-state index in [9.17, 15) is 4.79 Å². The summed E-state index contributed by atoms with van der Waals surface area (Å²) in [7, 11) is 0. The number of hydrogen-bond donors (Lipinski definition) is 2. The van der Waals surface area contributed by atoms with Crippen LogP contribution in [0.4, 0.5) is 0 Å². The average Bonchev–Trinajstić information content (AvgIpc) is 2.45. The van der Waals surface area contributed by atoms with Crippen LogP contribution >= 0.6 is 0 Å². The Labute approximate surface area is 121 Å². The number of amides is 1. The van der Waals surface area contributed by atoms with Gasteiger partial charge in [-0.3, -0.25) is 9.69 Å². The SMILES string of the molecule is CCC(N)C(c1ccccc1C)N1CCNC(=O)C1C. The lowest BCUT2D eigenvalue weighted by molar-refractivity contribution is -0.129. The molecule has 1 amide bonds. The molecule has 0 aromatic heterocycles. The third-order valence-electron chi connectivity index (χ3n) is 4.29. The molecule has 20 heavy (non-hydrogen) atoms. The van der Waals surface area contributed by atoms with Crippen LogP contribution in [0.3, 0.4) is 0 Å². The fraction of sp³-hybridized carbons (Fsp3) is 0.562. The van der Waals surface area contributed by atoms with Gasteiger partial charge >= 0.3 is 0 Å². The van der Waals surface area contributed by atoms with Gasteiger partial charge in [0.25, 0.3) is 0 Å². The first-order valence-electron chi connectivity index (χ1n) is 7.40. The third-order valence-corrected chi connectivity index (χ3v) is 4.29. The van der Waals surface area contributed by atoms with Gasteiger partial charge in [-0.25, -0.2) is 0 Å². The highest BCUT2D eigenvalue weighted by molar-refractivity contribution is 5.82. The van der Waals surface area contributed by atoms with Crippen molar-refractivity contribution >= 4 is 5.91 Å². The first-order valence-corrected chi connectivity index (χ1v) is 7.40. The lowest BCUT2D eigenvalue weighted by Crippen LogP contribution is -2.57. The van der Waals surface area contributed by atoms with Crippen molar-refractivity contribution in [1.82, 2.24) is 10.2 Å². The molecular weight excluding hydrogens is 250 g/mol. The lowest BCUT2D eigenvalue weighted by atomic mass is 9.91. The molecular formula is C16H25N3O. The molecule has 3 atom stereocenters. The first-order chi connectivity index (χ1) is 9.56. The molecule has 1 aliphatic heterocycles. The van der Waals surface area contributed by atoms with Crippen LogP contribution in [0.2, 0.25) is 0 Å². The maximum Gasteiger partial charge on any atom is 0.237 e. The molecule has 4 heteroatoms. The maximum atomic E-state index is 11.9. The smallest absolute Gasteiger partial charge is 0.237 e. The Kier molecular flexibility index (Phi) is 4.78. The molecule has 3 N–H and O–H groups in total. The molecule has 110 valence electrons.